The SMILES string of the molecule is O=C(CN1CC(O)(C2CC2)C1)N1CCc2sccc2C1. The van der Waals surface area contributed by atoms with Gasteiger partial charge in [0.05, 0.1) is 12.1 Å². The topological polar surface area (TPSA) is 43.8 Å². The van der Waals surface area contributed by atoms with Crippen LogP contribution in [0.3, 0.4) is 0 Å². The fourth-order valence-corrected chi connectivity index (χ4v) is 4.36. The summed E-state index contributed by atoms with van der Waals surface area (Å²) in [6.07, 6.45) is 3.31. The van der Waals surface area contributed by atoms with Crippen LogP contribution in [0.5, 0.6) is 0 Å². The van der Waals surface area contributed by atoms with Crippen LogP contribution in [0.2, 0.25) is 0 Å². The number of rotatable bonds is 3. The van der Waals surface area contributed by atoms with Gasteiger partial charge < -0.3 is 10.0 Å². The third-order valence-electron chi connectivity index (χ3n) is 4.85. The van der Waals surface area contributed by atoms with E-state index in [-0.39, 0.29) is 5.91 Å². The Balaban J connectivity index is 1.31. The lowest BCUT2D eigenvalue weighted by atomic mass is 9.89. The van der Waals surface area contributed by atoms with Crippen molar-refractivity contribution in [1.29, 1.82) is 0 Å². The summed E-state index contributed by atoms with van der Waals surface area (Å²) in [5, 5.41) is 12.4. The zero-order valence-electron chi connectivity index (χ0n) is 11.5. The second kappa shape index (κ2) is 4.55. The average Bonchev–Trinajstić information content (AvgIpc) is 3.15. The highest BCUT2D eigenvalue weighted by Crippen LogP contribution is 2.44. The summed E-state index contributed by atoms with van der Waals surface area (Å²) in [4.78, 5) is 17.8. The number of hydrogen-bond donors (Lipinski definition) is 1. The van der Waals surface area contributed by atoms with Crippen LogP contribution < -0.4 is 0 Å². The van der Waals surface area contributed by atoms with E-state index in [1.165, 1.54) is 10.4 Å². The minimum Gasteiger partial charge on any atom is -0.387 e. The molecule has 0 radical (unpaired) electrons. The van der Waals surface area contributed by atoms with Gasteiger partial charge in [0.1, 0.15) is 0 Å². The van der Waals surface area contributed by atoms with Gasteiger partial charge in [0.15, 0.2) is 0 Å². The van der Waals surface area contributed by atoms with Gasteiger partial charge in [-0.05, 0) is 42.2 Å². The van der Waals surface area contributed by atoms with Crippen LogP contribution in [0.25, 0.3) is 0 Å². The molecule has 108 valence electrons. The van der Waals surface area contributed by atoms with Crippen LogP contribution in [-0.4, -0.2) is 52.6 Å². The van der Waals surface area contributed by atoms with E-state index in [4.69, 9.17) is 0 Å². The van der Waals surface area contributed by atoms with Gasteiger partial charge >= 0.3 is 0 Å². The molecule has 1 aromatic heterocycles. The van der Waals surface area contributed by atoms with E-state index in [1.54, 1.807) is 11.3 Å². The van der Waals surface area contributed by atoms with Gasteiger partial charge in [0.25, 0.3) is 0 Å². The van der Waals surface area contributed by atoms with Gasteiger partial charge in [-0.1, -0.05) is 0 Å². The van der Waals surface area contributed by atoms with Gasteiger partial charge in [-0.2, -0.15) is 0 Å². The van der Waals surface area contributed by atoms with E-state index in [2.05, 4.69) is 16.3 Å². The molecule has 4 rings (SSSR count). The molecule has 3 aliphatic rings. The third kappa shape index (κ3) is 2.18. The fourth-order valence-electron chi connectivity index (χ4n) is 3.47. The van der Waals surface area contributed by atoms with Crippen LogP contribution in [0.15, 0.2) is 11.4 Å². The lowest BCUT2D eigenvalue weighted by Gasteiger charge is -2.47. The van der Waals surface area contributed by atoms with E-state index >= 15 is 0 Å². The molecule has 3 heterocycles. The van der Waals surface area contributed by atoms with Crippen molar-refractivity contribution in [2.75, 3.05) is 26.2 Å². The maximum absolute atomic E-state index is 12.3. The Kier molecular flexibility index (Phi) is 2.91. The highest BCUT2D eigenvalue weighted by molar-refractivity contribution is 7.10. The van der Waals surface area contributed by atoms with Crippen molar-refractivity contribution < 1.29 is 9.90 Å². The van der Waals surface area contributed by atoms with Gasteiger partial charge in [-0.3, -0.25) is 9.69 Å². The van der Waals surface area contributed by atoms with Crippen molar-refractivity contribution in [3.05, 3.63) is 21.9 Å². The largest absolute Gasteiger partial charge is 0.387 e. The highest BCUT2D eigenvalue weighted by Gasteiger charge is 2.52. The van der Waals surface area contributed by atoms with Crippen molar-refractivity contribution in [3.63, 3.8) is 0 Å². The molecule has 0 unspecified atom stereocenters. The Labute approximate surface area is 123 Å². The second-order valence-corrected chi connectivity index (χ2v) is 7.46. The van der Waals surface area contributed by atoms with Gasteiger partial charge in [0, 0.05) is 31.1 Å². The smallest absolute Gasteiger partial charge is 0.237 e. The number of thiophene rings is 1. The summed E-state index contributed by atoms with van der Waals surface area (Å²) in [5.41, 5.74) is 0.829. The lowest BCUT2D eigenvalue weighted by molar-refractivity contribution is -0.145. The zero-order chi connectivity index (χ0) is 13.7. The normalized spacial score (nSPS) is 25.1. The number of likely N-dealkylation sites (tertiary alicyclic amines) is 1. The predicted octanol–water partition coefficient (Wildman–Crippen LogP) is 1.09. The molecule has 5 heteroatoms. The Morgan fingerprint density at radius 2 is 2.25 bits per heavy atom. The molecule has 1 aromatic rings. The maximum Gasteiger partial charge on any atom is 0.237 e. The van der Waals surface area contributed by atoms with Crippen molar-refractivity contribution in [3.8, 4) is 0 Å². The number of aliphatic hydroxyl groups is 1. The molecule has 0 aromatic carbocycles. The summed E-state index contributed by atoms with van der Waals surface area (Å²) in [7, 11) is 0. The zero-order valence-corrected chi connectivity index (χ0v) is 12.4. The molecule has 2 fully saturated rings. The Morgan fingerprint density at radius 3 is 3.00 bits per heavy atom. The molecule has 1 saturated heterocycles. The average molecular weight is 292 g/mol. The van der Waals surface area contributed by atoms with E-state index in [0.29, 0.717) is 25.6 Å². The summed E-state index contributed by atoms with van der Waals surface area (Å²) in [5.74, 6) is 0.705. The molecule has 1 N–H and O–H groups in total. The first kappa shape index (κ1) is 12.8. The molecule has 1 aliphatic carbocycles. The van der Waals surface area contributed by atoms with Gasteiger partial charge in [-0.25, -0.2) is 0 Å². The molecular formula is C15H20N2O2S. The third-order valence-corrected chi connectivity index (χ3v) is 5.87. The van der Waals surface area contributed by atoms with Crippen LogP contribution in [0, 0.1) is 5.92 Å². The first-order valence-electron chi connectivity index (χ1n) is 7.42. The molecular weight excluding hydrogens is 272 g/mol. The summed E-state index contributed by atoms with van der Waals surface area (Å²) < 4.78 is 0. The number of nitrogens with zero attached hydrogens (tertiary/aromatic N) is 2. The molecule has 20 heavy (non-hydrogen) atoms. The predicted molar refractivity (Wildman–Crippen MR) is 77.6 cm³/mol. The van der Waals surface area contributed by atoms with Crippen LogP contribution >= 0.6 is 11.3 Å². The molecule has 0 bridgehead atoms. The van der Waals surface area contributed by atoms with Crippen molar-refractivity contribution in [2.45, 2.75) is 31.4 Å². The van der Waals surface area contributed by atoms with Crippen molar-refractivity contribution >= 4 is 17.2 Å². The highest BCUT2D eigenvalue weighted by atomic mass is 32.1. The number of carbonyl (C=O) groups excluding carboxylic acids is 1. The summed E-state index contributed by atoms with van der Waals surface area (Å²) >= 11 is 1.80. The number of amides is 1. The molecule has 2 aliphatic heterocycles. The Bertz CT molecular complexity index is 532. The first-order valence-corrected chi connectivity index (χ1v) is 8.30. The quantitative estimate of drug-likeness (QED) is 0.907. The Morgan fingerprint density at radius 1 is 1.45 bits per heavy atom. The monoisotopic (exact) mass is 292 g/mol. The van der Waals surface area contributed by atoms with Gasteiger partial charge in [0.2, 0.25) is 5.91 Å². The standard InChI is InChI=1S/C15H20N2O2S/c18-14(8-16-9-15(19,10-16)12-1-2-12)17-5-3-13-11(7-17)4-6-20-13/h4,6,12,19H,1-3,5,7-10H2. The van der Waals surface area contributed by atoms with Gasteiger partial charge in [-0.15, -0.1) is 11.3 Å². The first-order chi connectivity index (χ1) is 9.64. The van der Waals surface area contributed by atoms with E-state index < -0.39 is 5.60 Å². The lowest BCUT2D eigenvalue weighted by Crippen LogP contribution is -2.64. The van der Waals surface area contributed by atoms with Crippen LogP contribution in [0.1, 0.15) is 23.3 Å². The van der Waals surface area contributed by atoms with Crippen LogP contribution in [-0.2, 0) is 17.8 Å². The number of β-amino-alcohol motifs (C(OH)–C–C–N with tert-alkyl or cyclic N) is 1. The molecule has 1 amide bonds. The summed E-state index contributed by atoms with van der Waals surface area (Å²) in [6.45, 7) is 3.43. The van der Waals surface area contributed by atoms with E-state index in [1.807, 2.05) is 4.90 Å². The Hall–Kier alpha value is -0.910. The maximum atomic E-state index is 12.3. The van der Waals surface area contributed by atoms with Crippen molar-refractivity contribution in [2.24, 2.45) is 5.92 Å². The second-order valence-electron chi connectivity index (χ2n) is 6.46. The fraction of sp³-hybridized carbons (Fsp3) is 0.667. The number of fused-ring (bicyclic) bond motifs is 1. The molecule has 4 nitrogen and oxygen atoms in total. The number of hydrogen-bond acceptors (Lipinski definition) is 4. The van der Waals surface area contributed by atoms with E-state index in [9.17, 15) is 9.90 Å². The molecule has 0 spiro atoms. The molecule has 1 saturated carbocycles. The summed E-state index contributed by atoms with van der Waals surface area (Å²) in [6, 6.07) is 2.13. The van der Waals surface area contributed by atoms with E-state index in [0.717, 1.165) is 32.4 Å². The number of carbonyl (C=O) groups is 1. The van der Waals surface area contributed by atoms with Crippen molar-refractivity contribution in [1.82, 2.24) is 9.80 Å². The minimum absolute atomic E-state index is 0.208. The minimum atomic E-state index is -0.483. The molecule has 0 atom stereocenters. The van der Waals surface area contributed by atoms with Crippen LogP contribution in [0.4, 0.5) is 0 Å².